The zero-order chi connectivity index (χ0) is 16.5. The molecule has 22 heavy (non-hydrogen) atoms. The highest BCUT2D eigenvalue weighted by molar-refractivity contribution is 5.78. The Morgan fingerprint density at radius 3 is 2.55 bits per heavy atom. The van der Waals surface area contributed by atoms with Crippen LogP contribution in [0.1, 0.15) is 52.4 Å². The molecule has 0 saturated carbocycles. The van der Waals surface area contributed by atoms with E-state index in [0.717, 1.165) is 19.4 Å². The number of rotatable bonds is 8. The fourth-order valence-corrected chi connectivity index (χ4v) is 2.62. The first-order valence-corrected chi connectivity index (χ1v) is 8.17. The first kappa shape index (κ1) is 18.5. The van der Waals surface area contributed by atoms with E-state index >= 15 is 0 Å². The van der Waals surface area contributed by atoms with Crippen molar-refractivity contribution in [3.05, 3.63) is 0 Å². The van der Waals surface area contributed by atoms with Gasteiger partial charge < -0.3 is 15.3 Å². The van der Waals surface area contributed by atoms with E-state index in [9.17, 15) is 14.4 Å². The highest BCUT2D eigenvalue weighted by Crippen LogP contribution is 2.17. The van der Waals surface area contributed by atoms with Crippen LogP contribution in [0.3, 0.4) is 0 Å². The summed E-state index contributed by atoms with van der Waals surface area (Å²) in [6, 6.07) is 0. The number of carboxylic acid groups (broad SMARTS) is 1. The molecule has 1 aliphatic rings. The largest absolute Gasteiger partial charge is 0.481 e. The van der Waals surface area contributed by atoms with E-state index in [4.69, 9.17) is 5.11 Å². The summed E-state index contributed by atoms with van der Waals surface area (Å²) < 4.78 is 0. The van der Waals surface area contributed by atoms with Gasteiger partial charge in [0.2, 0.25) is 11.8 Å². The van der Waals surface area contributed by atoms with Crippen molar-refractivity contribution in [3.63, 3.8) is 0 Å². The van der Waals surface area contributed by atoms with Gasteiger partial charge in [0, 0.05) is 38.4 Å². The number of unbranched alkanes of at least 4 members (excludes halogenated alkanes) is 1. The second-order valence-corrected chi connectivity index (χ2v) is 6.35. The van der Waals surface area contributed by atoms with Crippen molar-refractivity contribution in [2.24, 2.45) is 11.8 Å². The van der Waals surface area contributed by atoms with Gasteiger partial charge in [0.15, 0.2) is 0 Å². The Kier molecular flexibility index (Phi) is 7.91. The summed E-state index contributed by atoms with van der Waals surface area (Å²) in [5.41, 5.74) is 0. The molecule has 0 aromatic rings. The third-order valence-corrected chi connectivity index (χ3v) is 3.99. The minimum Gasteiger partial charge on any atom is -0.481 e. The predicted molar refractivity (Wildman–Crippen MR) is 83.3 cm³/mol. The average molecular weight is 312 g/mol. The SMILES string of the molecule is CC(C)C(=O)NCC1CCCN(C(=O)CCCCC(=O)O)C1. The normalized spacial score (nSPS) is 18.3. The molecule has 1 heterocycles. The molecule has 0 radical (unpaired) electrons. The molecule has 1 unspecified atom stereocenters. The Balaban J connectivity index is 2.28. The van der Waals surface area contributed by atoms with Crippen molar-refractivity contribution < 1.29 is 19.5 Å². The van der Waals surface area contributed by atoms with E-state index in [1.54, 1.807) is 0 Å². The van der Waals surface area contributed by atoms with Crippen LogP contribution in [0.5, 0.6) is 0 Å². The molecule has 1 aliphatic heterocycles. The molecule has 6 heteroatoms. The quantitative estimate of drug-likeness (QED) is 0.667. The monoisotopic (exact) mass is 312 g/mol. The molecule has 0 bridgehead atoms. The number of nitrogens with zero attached hydrogens (tertiary/aromatic N) is 1. The molecule has 1 atom stereocenters. The summed E-state index contributed by atoms with van der Waals surface area (Å²) in [6.45, 7) is 5.81. The van der Waals surface area contributed by atoms with Crippen LogP contribution >= 0.6 is 0 Å². The number of amides is 2. The van der Waals surface area contributed by atoms with E-state index in [0.29, 0.717) is 38.3 Å². The lowest BCUT2D eigenvalue weighted by Crippen LogP contribution is -2.44. The van der Waals surface area contributed by atoms with Crippen LogP contribution in [-0.2, 0) is 14.4 Å². The zero-order valence-electron chi connectivity index (χ0n) is 13.6. The van der Waals surface area contributed by atoms with Gasteiger partial charge in [0.1, 0.15) is 0 Å². The number of likely N-dealkylation sites (tertiary alicyclic amines) is 1. The maximum absolute atomic E-state index is 12.1. The average Bonchev–Trinajstić information content (AvgIpc) is 2.48. The fraction of sp³-hybridized carbons (Fsp3) is 0.812. The Bertz CT molecular complexity index is 396. The molecule has 0 aromatic carbocycles. The lowest BCUT2D eigenvalue weighted by Gasteiger charge is -2.33. The van der Waals surface area contributed by atoms with Gasteiger partial charge in [0.05, 0.1) is 0 Å². The van der Waals surface area contributed by atoms with Crippen molar-refractivity contribution in [3.8, 4) is 0 Å². The third kappa shape index (κ3) is 6.91. The van der Waals surface area contributed by atoms with Crippen molar-refractivity contribution in [2.45, 2.75) is 52.4 Å². The Morgan fingerprint density at radius 2 is 1.91 bits per heavy atom. The van der Waals surface area contributed by atoms with Crippen LogP contribution in [0.25, 0.3) is 0 Å². The van der Waals surface area contributed by atoms with Gasteiger partial charge >= 0.3 is 5.97 Å². The topological polar surface area (TPSA) is 86.7 Å². The van der Waals surface area contributed by atoms with Crippen LogP contribution in [0.2, 0.25) is 0 Å². The first-order chi connectivity index (χ1) is 10.4. The number of nitrogens with one attached hydrogen (secondary N) is 1. The van der Waals surface area contributed by atoms with Crippen molar-refractivity contribution in [2.75, 3.05) is 19.6 Å². The molecular weight excluding hydrogens is 284 g/mol. The number of carbonyl (C=O) groups is 3. The molecule has 1 rings (SSSR count). The maximum atomic E-state index is 12.1. The minimum absolute atomic E-state index is 0.0180. The van der Waals surface area contributed by atoms with Crippen LogP contribution in [0, 0.1) is 11.8 Å². The molecule has 1 fully saturated rings. The lowest BCUT2D eigenvalue weighted by molar-refractivity contribution is -0.138. The van der Waals surface area contributed by atoms with Gasteiger partial charge in [-0.25, -0.2) is 0 Å². The van der Waals surface area contributed by atoms with E-state index in [-0.39, 0.29) is 24.2 Å². The second-order valence-electron chi connectivity index (χ2n) is 6.35. The summed E-state index contributed by atoms with van der Waals surface area (Å²) in [4.78, 5) is 36.0. The van der Waals surface area contributed by atoms with E-state index < -0.39 is 5.97 Å². The van der Waals surface area contributed by atoms with Crippen LogP contribution in [0.15, 0.2) is 0 Å². The standard InChI is InChI=1S/C16H28N2O4/c1-12(2)16(22)17-10-13-6-5-9-18(11-13)14(19)7-3-4-8-15(20)21/h12-13H,3-11H2,1-2H3,(H,17,22)(H,20,21). The molecule has 1 saturated heterocycles. The number of hydrogen-bond acceptors (Lipinski definition) is 3. The fourth-order valence-electron chi connectivity index (χ4n) is 2.62. The first-order valence-electron chi connectivity index (χ1n) is 8.17. The van der Waals surface area contributed by atoms with Gasteiger partial charge in [-0.05, 0) is 31.6 Å². The molecular formula is C16H28N2O4. The number of carbonyl (C=O) groups excluding carboxylic acids is 2. The van der Waals surface area contributed by atoms with Crippen LogP contribution in [0.4, 0.5) is 0 Å². The molecule has 0 aromatic heterocycles. The molecule has 0 spiro atoms. The van der Waals surface area contributed by atoms with Gasteiger partial charge in [-0.2, -0.15) is 0 Å². The van der Waals surface area contributed by atoms with Gasteiger partial charge in [-0.15, -0.1) is 0 Å². The van der Waals surface area contributed by atoms with E-state index in [1.807, 2.05) is 18.7 Å². The van der Waals surface area contributed by atoms with Crippen molar-refractivity contribution in [1.29, 1.82) is 0 Å². The zero-order valence-corrected chi connectivity index (χ0v) is 13.6. The van der Waals surface area contributed by atoms with Gasteiger partial charge in [-0.1, -0.05) is 13.8 Å². The van der Waals surface area contributed by atoms with Crippen molar-refractivity contribution >= 4 is 17.8 Å². The summed E-state index contributed by atoms with van der Waals surface area (Å²) in [5.74, 6) is -0.358. The number of piperidine rings is 1. The summed E-state index contributed by atoms with van der Waals surface area (Å²) in [7, 11) is 0. The third-order valence-electron chi connectivity index (χ3n) is 3.99. The predicted octanol–water partition coefficient (Wildman–Crippen LogP) is 1.64. The maximum Gasteiger partial charge on any atom is 0.303 e. The van der Waals surface area contributed by atoms with E-state index in [2.05, 4.69) is 5.32 Å². The highest BCUT2D eigenvalue weighted by Gasteiger charge is 2.23. The van der Waals surface area contributed by atoms with Crippen LogP contribution < -0.4 is 5.32 Å². The summed E-state index contributed by atoms with van der Waals surface area (Å²) in [5, 5.41) is 11.5. The molecule has 2 amide bonds. The minimum atomic E-state index is -0.814. The second kappa shape index (κ2) is 9.43. The van der Waals surface area contributed by atoms with Crippen molar-refractivity contribution in [1.82, 2.24) is 10.2 Å². The smallest absolute Gasteiger partial charge is 0.303 e. The molecule has 126 valence electrons. The van der Waals surface area contributed by atoms with Gasteiger partial charge in [0.25, 0.3) is 0 Å². The van der Waals surface area contributed by atoms with Crippen LogP contribution in [-0.4, -0.2) is 47.4 Å². The lowest BCUT2D eigenvalue weighted by atomic mass is 9.97. The van der Waals surface area contributed by atoms with Gasteiger partial charge in [-0.3, -0.25) is 14.4 Å². The Hall–Kier alpha value is -1.59. The highest BCUT2D eigenvalue weighted by atomic mass is 16.4. The number of carboxylic acids is 1. The molecule has 0 aliphatic carbocycles. The number of aliphatic carboxylic acids is 1. The Labute approximate surface area is 132 Å². The van der Waals surface area contributed by atoms with E-state index in [1.165, 1.54) is 0 Å². The summed E-state index contributed by atoms with van der Waals surface area (Å²) >= 11 is 0. The Morgan fingerprint density at radius 1 is 1.23 bits per heavy atom. The molecule has 2 N–H and O–H groups in total. The number of hydrogen-bond donors (Lipinski definition) is 2. The summed E-state index contributed by atoms with van der Waals surface area (Å²) in [6.07, 6.45) is 3.69. The molecule has 6 nitrogen and oxygen atoms in total.